The van der Waals surface area contributed by atoms with Crippen molar-refractivity contribution in [3.8, 4) is 0 Å². The van der Waals surface area contributed by atoms with Crippen molar-refractivity contribution in [2.45, 2.75) is 26.7 Å². The molecule has 3 heteroatoms. The molecule has 0 spiro atoms. The van der Waals surface area contributed by atoms with Crippen molar-refractivity contribution in [1.82, 2.24) is 10.3 Å². The lowest BCUT2D eigenvalue weighted by atomic mass is 9.96. The Bertz CT molecular complexity index is 255. The van der Waals surface area contributed by atoms with E-state index in [1.807, 2.05) is 7.05 Å². The molecule has 2 nitrogen and oxygen atoms in total. The number of hydrogen-bond acceptors (Lipinski definition) is 3. The molecule has 1 atom stereocenters. The monoisotopic (exact) mass is 198 g/mol. The number of rotatable bonds is 4. The Morgan fingerprint density at radius 1 is 1.54 bits per heavy atom. The van der Waals surface area contributed by atoms with Gasteiger partial charge in [0, 0.05) is 23.5 Å². The normalized spacial score (nSPS) is 13.6. The Labute approximate surface area is 84.4 Å². The highest BCUT2D eigenvalue weighted by Crippen LogP contribution is 2.26. The minimum Gasteiger partial charge on any atom is -0.319 e. The lowest BCUT2D eigenvalue weighted by Crippen LogP contribution is -2.21. The first kappa shape index (κ1) is 10.7. The zero-order valence-electron chi connectivity index (χ0n) is 8.79. The van der Waals surface area contributed by atoms with E-state index < -0.39 is 0 Å². The molecule has 0 aliphatic rings. The first-order valence-corrected chi connectivity index (χ1v) is 5.59. The molecule has 1 N–H and O–H groups in total. The van der Waals surface area contributed by atoms with E-state index >= 15 is 0 Å². The highest BCUT2D eigenvalue weighted by atomic mass is 32.1. The van der Waals surface area contributed by atoms with Gasteiger partial charge in [-0.25, -0.2) is 4.98 Å². The summed E-state index contributed by atoms with van der Waals surface area (Å²) in [6, 6.07) is 0. The van der Waals surface area contributed by atoms with Gasteiger partial charge in [0.05, 0.1) is 5.01 Å². The fraction of sp³-hybridized carbons (Fsp3) is 0.700. The molecule has 0 aliphatic heterocycles. The third-order valence-corrected chi connectivity index (χ3v) is 3.28. The number of aryl methyl sites for hydroxylation is 1. The molecular formula is C10H18N2S. The minimum atomic E-state index is 0.559. The summed E-state index contributed by atoms with van der Waals surface area (Å²) in [5, 5.41) is 6.61. The standard InChI is InChI=1S/C10H18N2S/c1-7(2)9(5-11-4)10-12-8(3)6-13-10/h6-7,9,11H,5H2,1-4H3. The molecule has 1 aromatic heterocycles. The number of nitrogens with one attached hydrogen (secondary N) is 1. The molecule has 1 unspecified atom stereocenters. The predicted molar refractivity (Wildman–Crippen MR) is 58.4 cm³/mol. The van der Waals surface area contributed by atoms with Crippen LogP contribution < -0.4 is 5.32 Å². The van der Waals surface area contributed by atoms with Crippen molar-refractivity contribution in [2.24, 2.45) is 5.92 Å². The zero-order valence-corrected chi connectivity index (χ0v) is 9.61. The van der Waals surface area contributed by atoms with Crippen LogP contribution in [0.25, 0.3) is 0 Å². The number of hydrogen-bond donors (Lipinski definition) is 1. The molecule has 1 aromatic rings. The second-order valence-electron chi connectivity index (χ2n) is 3.74. The van der Waals surface area contributed by atoms with Crippen LogP contribution in [-0.2, 0) is 0 Å². The van der Waals surface area contributed by atoms with Gasteiger partial charge in [-0.05, 0) is 19.9 Å². The van der Waals surface area contributed by atoms with Crippen molar-refractivity contribution >= 4 is 11.3 Å². The highest BCUT2D eigenvalue weighted by Gasteiger charge is 2.17. The summed E-state index contributed by atoms with van der Waals surface area (Å²) in [5.41, 5.74) is 1.14. The van der Waals surface area contributed by atoms with E-state index in [0.717, 1.165) is 12.2 Å². The fourth-order valence-electron chi connectivity index (χ4n) is 1.37. The SMILES string of the molecule is CNCC(c1nc(C)cs1)C(C)C. The molecule has 0 aliphatic carbocycles. The van der Waals surface area contributed by atoms with Gasteiger partial charge >= 0.3 is 0 Å². The molecule has 0 saturated heterocycles. The van der Waals surface area contributed by atoms with Crippen LogP contribution in [0.4, 0.5) is 0 Å². The van der Waals surface area contributed by atoms with Gasteiger partial charge in [0.25, 0.3) is 0 Å². The smallest absolute Gasteiger partial charge is 0.0974 e. The molecular weight excluding hydrogens is 180 g/mol. The van der Waals surface area contributed by atoms with Crippen LogP contribution in [0.1, 0.15) is 30.5 Å². The summed E-state index contributed by atoms with van der Waals surface area (Å²) >= 11 is 1.77. The number of thiazole rings is 1. The summed E-state index contributed by atoms with van der Waals surface area (Å²) in [5.74, 6) is 1.21. The van der Waals surface area contributed by atoms with Crippen LogP contribution >= 0.6 is 11.3 Å². The lowest BCUT2D eigenvalue weighted by Gasteiger charge is -2.17. The van der Waals surface area contributed by atoms with Crippen molar-refractivity contribution in [2.75, 3.05) is 13.6 Å². The third-order valence-electron chi connectivity index (χ3n) is 2.18. The van der Waals surface area contributed by atoms with E-state index in [4.69, 9.17) is 0 Å². The van der Waals surface area contributed by atoms with Crippen molar-refractivity contribution in [1.29, 1.82) is 0 Å². The molecule has 0 radical (unpaired) electrons. The van der Waals surface area contributed by atoms with Crippen molar-refractivity contribution in [3.05, 3.63) is 16.1 Å². The van der Waals surface area contributed by atoms with Crippen molar-refractivity contribution < 1.29 is 0 Å². The largest absolute Gasteiger partial charge is 0.319 e. The molecule has 1 heterocycles. The summed E-state index contributed by atoms with van der Waals surface area (Å²) in [4.78, 5) is 4.53. The Kier molecular flexibility index (Phi) is 3.88. The molecule has 0 aromatic carbocycles. The maximum Gasteiger partial charge on any atom is 0.0974 e. The Morgan fingerprint density at radius 3 is 2.62 bits per heavy atom. The van der Waals surface area contributed by atoms with Gasteiger partial charge in [0.15, 0.2) is 0 Å². The van der Waals surface area contributed by atoms with Crippen LogP contribution in [0.15, 0.2) is 5.38 Å². The van der Waals surface area contributed by atoms with Gasteiger partial charge in [0.2, 0.25) is 0 Å². The van der Waals surface area contributed by atoms with E-state index in [-0.39, 0.29) is 0 Å². The molecule has 0 amide bonds. The van der Waals surface area contributed by atoms with Gasteiger partial charge < -0.3 is 5.32 Å². The van der Waals surface area contributed by atoms with Gasteiger partial charge in [-0.15, -0.1) is 11.3 Å². The Morgan fingerprint density at radius 2 is 2.23 bits per heavy atom. The fourth-order valence-corrected chi connectivity index (χ4v) is 2.44. The maximum atomic E-state index is 4.53. The molecule has 1 rings (SSSR count). The average molecular weight is 198 g/mol. The van der Waals surface area contributed by atoms with E-state index in [1.165, 1.54) is 5.01 Å². The number of nitrogens with zero attached hydrogens (tertiary/aromatic N) is 1. The number of aromatic nitrogens is 1. The lowest BCUT2D eigenvalue weighted by molar-refractivity contribution is 0.476. The second-order valence-corrected chi connectivity index (χ2v) is 4.62. The molecule has 74 valence electrons. The Hall–Kier alpha value is -0.410. The molecule has 0 saturated carbocycles. The summed E-state index contributed by atoms with van der Waals surface area (Å²) in [6.45, 7) is 7.57. The highest BCUT2D eigenvalue weighted by molar-refractivity contribution is 7.09. The molecule has 13 heavy (non-hydrogen) atoms. The summed E-state index contributed by atoms with van der Waals surface area (Å²) in [6.07, 6.45) is 0. The third kappa shape index (κ3) is 2.78. The molecule has 0 bridgehead atoms. The molecule has 0 fully saturated rings. The average Bonchev–Trinajstić information content (AvgIpc) is 2.46. The van der Waals surface area contributed by atoms with E-state index in [0.29, 0.717) is 11.8 Å². The van der Waals surface area contributed by atoms with Gasteiger partial charge in [-0.3, -0.25) is 0 Å². The van der Waals surface area contributed by atoms with Gasteiger partial charge in [-0.2, -0.15) is 0 Å². The second kappa shape index (κ2) is 4.72. The quantitative estimate of drug-likeness (QED) is 0.803. The first-order valence-electron chi connectivity index (χ1n) is 4.71. The van der Waals surface area contributed by atoms with Gasteiger partial charge in [0.1, 0.15) is 0 Å². The zero-order chi connectivity index (χ0) is 9.84. The summed E-state index contributed by atoms with van der Waals surface area (Å²) in [7, 11) is 2.00. The predicted octanol–water partition coefficient (Wildman–Crippen LogP) is 2.41. The van der Waals surface area contributed by atoms with E-state index in [2.05, 4.69) is 36.5 Å². The first-order chi connectivity index (χ1) is 6.15. The summed E-state index contributed by atoms with van der Waals surface area (Å²) < 4.78 is 0. The number of likely N-dealkylation sites (N-methyl/N-ethyl adjacent to an activating group) is 1. The van der Waals surface area contributed by atoms with Gasteiger partial charge in [-0.1, -0.05) is 13.8 Å². The minimum absolute atomic E-state index is 0.559. The van der Waals surface area contributed by atoms with Crippen LogP contribution in [0.3, 0.4) is 0 Å². The topological polar surface area (TPSA) is 24.9 Å². The van der Waals surface area contributed by atoms with E-state index in [1.54, 1.807) is 11.3 Å². The maximum absolute atomic E-state index is 4.53. The van der Waals surface area contributed by atoms with Crippen LogP contribution in [0.2, 0.25) is 0 Å². The van der Waals surface area contributed by atoms with Crippen LogP contribution in [0, 0.1) is 12.8 Å². The van der Waals surface area contributed by atoms with Crippen LogP contribution in [-0.4, -0.2) is 18.6 Å². The van der Waals surface area contributed by atoms with Crippen molar-refractivity contribution in [3.63, 3.8) is 0 Å². The Balaban J connectivity index is 2.75. The van der Waals surface area contributed by atoms with Crippen LogP contribution in [0.5, 0.6) is 0 Å². The van der Waals surface area contributed by atoms with E-state index in [9.17, 15) is 0 Å².